The van der Waals surface area contributed by atoms with E-state index in [0.717, 1.165) is 11.3 Å². The molecule has 0 saturated heterocycles. The predicted octanol–water partition coefficient (Wildman–Crippen LogP) is 4.45. The van der Waals surface area contributed by atoms with Crippen LogP contribution in [0.25, 0.3) is 10.2 Å². The summed E-state index contributed by atoms with van der Waals surface area (Å²) >= 11 is 13.0. The first-order chi connectivity index (χ1) is 13.7. The molecule has 3 aromatic rings. The second-order valence-corrected chi connectivity index (χ2v) is 8.11. The van der Waals surface area contributed by atoms with E-state index in [1.165, 1.54) is 10.9 Å². The van der Waals surface area contributed by atoms with Gasteiger partial charge in [-0.05, 0) is 44.5 Å². The Bertz CT molecular complexity index is 1150. The van der Waals surface area contributed by atoms with Gasteiger partial charge in [-0.3, -0.25) is 14.2 Å². The molecular weight excluding hydrogens is 437 g/mol. The third kappa shape index (κ3) is 4.29. The number of halogens is 2. The van der Waals surface area contributed by atoms with E-state index < -0.39 is 23.5 Å². The quantitative estimate of drug-likeness (QED) is 0.576. The van der Waals surface area contributed by atoms with Gasteiger partial charge in [0.2, 0.25) is 5.91 Å². The Labute approximate surface area is 180 Å². The monoisotopic (exact) mass is 453 g/mol. The van der Waals surface area contributed by atoms with E-state index in [1.807, 2.05) is 0 Å². The highest BCUT2D eigenvalue weighted by atomic mass is 35.5. The van der Waals surface area contributed by atoms with Gasteiger partial charge in [-0.25, -0.2) is 9.78 Å². The molecule has 1 N–H and O–H groups in total. The smallest absolute Gasteiger partial charge is 0.348 e. The highest BCUT2D eigenvalue weighted by Crippen LogP contribution is 2.28. The number of anilines is 1. The first-order valence-corrected chi connectivity index (χ1v) is 10.2. The van der Waals surface area contributed by atoms with Gasteiger partial charge in [0.1, 0.15) is 15.7 Å². The van der Waals surface area contributed by atoms with Crippen LogP contribution in [0.2, 0.25) is 10.0 Å². The number of nitrogens with zero attached hydrogens (tertiary/aromatic N) is 2. The lowest BCUT2D eigenvalue weighted by atomic mass is 10.2. The molecular formula is C19H17Cl2N3O4S. The van der Waals surface area contributed by atoms with Crippen molar-refractivity contribution in [3.63, 3.8) is 0 Å². The highest BCUT2D eigenvalue weighted by Gasteiger charge is 2.23. The molecule has 0 fully saturated rings. The largest absolute Gasteiger partial charge is 0.462 e. The molecule has 152 valence electrons. The lowest BCUT2D eigenvalue weighted by Crippen LogP contribution is -2.31. The molecule has 0 radical (unpaired) electrons. The molecule has 3 rings (SSSR count). The summed E-state index contributed by atoms with van der Waals surface area (Å²) in [5, 5.41) is 3.73. The number of aryl methyl sites for hydroxylation is 1. The Morgan fingerprint density at radius 3 is 2.55 bits per heavy atom. The van der Waals surface area contributed by atoms with Crippen molar-refractivity contribution in [3.05, 3.63) is 55.4 Å². The van der Waals surface area contributed by atoms with Gasteiger partial charge in [0.15, 0.2) is 0 Å². The average Bonchev–Trinajstić information content (AvgIpc) is 2.98. The second kappa shape index (κ2) is 8.52. The van der Waals surface area contributed by atoms with Crippen LogP contribution in [-0.4, -0.2) is 28.0 Å². The normalized spacial score (nSPS) is 12.0. The third-order valence-corrected chi connectivity index (χ3v) is 5.88. The van der Waals surface area contributed by atoms with E-state index in [2.05, 4.69) is 10.3 Å². The minimum absolute atomic E-state index is 0.231. The molecule has 0 saturated carbocycles. The fourth-order valence-electron chi connectivity index (χ4n) is 2.80. The second-order valence-electron chi connectivity index (χ2n) is 6.24. The molecule has 0 spiro atoms. The van der Waals surface area contributed by atoms with Crippen molar-refractivity contribution < 1.29 is 14.3 Å². The van der Waals surface area contributed by atoms with Gasteiger partial charge in [0.05, 0.1) is 18.3 Å². The number of rotatable bonds is 5. The lowest BCUT2D eigenvalue weighted by molar-refractivity contribution is -0.118. The van der Waals surface area contributed by atoms with E-state index in [4.69, 9.17) is 27.9 Å². The Balaban J connectivity index is 1.95. The van der Waals surface area contributed by atoms with Crippen molar-refractivity contribution in [2.45, 2.75) is 26.8 Å². The van der Waals surface area contributed by atoms with Crippen molar-refractivity contribution in [2.75, 3.05) is 11.9 Å². The van der Waals surface area contributed by atoms with E-state index in [9.17, 15) is 14.4 Å². The molecule has 1 unspecified atom stereocenters. The molecule has 0 bridgehead atoms. The van der Waals surface area contributed by atoms with Crippen molar-refractivity contribution in [1.82, 2.24) is 9.55 Å². The SMILES string of the molecule is CCOC(=O)c1sc2ncn(C(C)C(=O)Nc3cc(Cl)cc(Cl)c3)c(=O)c2c1C. The maximum atomic E-state index is 13.0. The number of carbonyl (C=O) groups is 2. The van der Waals surface area contributed by atoms with Crippen LogP contribution in [0.3, 0.4) is 0 Å². The van der Waals surface area contributed by atoms with Gasteiger partial charge >= 0.3 is 5.97 Å². The Morgan fingerprint density at radius 2 is 1.93 bits per heavy atom. The Hall–Kier alpha value is -2.42. The molecule has 2 heterocycles. The Morgan fingerprint density at radius 1 is 1.28 bits per heavy atom. The number of amides is 1. The number of carbonyl (C=O) groups excluding carboxylic acids is 2. The number of hydrogen-bond acceptors (Lipinski definition) is 6. The zero-order chi connectivity index (χ0) is 21.3. The van der Waals surface area contributed by atoms with Crippen molar-refractivity contribution >= 4 is 62.3 Å². The van der Waals surface area contributed by atoms with Gasteiger partial charge in [-0.1, -0.05) is 23.2 Å². The number of ether oxygens (including phenoxy) is 1. The van der Waals surface area contributed by atoms with Crippen LogP contribution in [-0.2, 0) is 9.53 Å². The first kappa shape index (κ1) is 21.3. The molecule has 10 heteroatoms. The summed E-state index contributed by atoms with van der Waals surface area (Å²) in [6.45, 7) is 5.18. The topological polar surface area (TPSA) is 90.3 Å². The van der Waals surface area contributed by atoms with E-state index in [-0.39, 0.29) is 6.61 Å². The molecule has 1 atom stereocenters. The summed E-state index contributed by atoms with van der Waals surface area (Å²) in [5.74, 6) is -0.937. The van der Waals surface area contributed by atoms with Crippen LogP contribution in [0.15, 0.2) is 29.3 Å². The third-order valence-electron chi connectivity index (χ3n) is 4.26. The standard InChI is InChI=1S/C19H17Cl2N3O4S/c1-4-28-19(27)15-9(2)14-17(29-15)22-8-24(18(14)26)10(3)16(25)23-13-6-11(20)5-12(21)7-13/h5-8,10H,4H2,1-3H3,(H,23,25). The van der Waals surface area contributed by atoms with Crippen molar-refractivity contribution in [2.24, 2.45) is 0 Å². The minimum atomic E-state index is -0.859. The van der Waals surface area contributed by atoms with Crippen molar-refractivity contribution in [3.8, 4) is 0 Å². The number of esters is 1. The molecule has 29 heavy (non-hydrogen) atoms. The van der Waals surface area contributed by atoms with Crippen LogP contribution in [0.1, 0.15) is 35.1 Å². The van der Waals surface area contributed by atoms with Gasteiger partial charge < -0.3 is 10.1 Å². The van der Waals surface area contributed by atoms with Crippen LogP contribution in [0.4, 0.5) is 5.69 Å². The number of fused-ring (bicyclic) bond motifs is 1. The maximum absolute atomic E-state index is 13.0. The van der Waals surface area contributed by atoms with Gasteiger partial charge in [-0.2, -0.15) is 0 Å². The summed E-state index contributed by atoms with van der Waals surface area (Å²) in [5.41, 5.74) is 0.494. The van der Waals surface area contributed by atoms with E-state index in [1.54, 1.807) is 39.0 Å². The molecule has 1 amide bonds. The fourth-order valence-corrected chi connectivity index (χ4v) is 4.36. The summed E-state index contributed by atoms with van der Waals surface area (Å²) in [7, 11) is 0. The summed E-state index contributed by atoms with van der Waals surface area (Å²) in [6, 6.07) is 3.79. The molecule has 0 aliphatic carbocycles. The zero-order valence-corrected chi connectivity index (χ0v) is 18.1. The predicted molar refractivity (Wildman–Crippen MR) is 114 cm³/mol. The summed E-state index contributed by atoms with van der Waals surface area (Å²) in [4.78, 5) is 42.8. The molecule has 7 nitrogen and oxygen atoms in total. The van der Waals surface area contributed by atoms with Crippen LogP contribution in [0.5, 0.6) is 0 Å². The summed E-state index contributed by atoms with van der Waals surface area (Å²) < 4.78 is 6.25. The lowest BCUT2D eigenvalue weighted by Gasteiger charge is -2.15. The van der Waals surface area contributed by atoms with Gasteiger partial charge in [0.25, 0.3) is 5.56 Å². The van der Waals surface area contributed by atoms with Crippen molar-refractivity contribution in [1.29, 1.82) is 0 Å². The molecule has 2 aromatic heterocycles. The van der Waals surface area contributed by atoms with Crippen LogP contribution in [0, 0.1) is 6.92 Å². The Kier molecular flexibility index (Phi) is 6.26. The zero-order valence-electron chi connectivity index (χ0n) is 15.8. The van der Waals surface area contributed by atoms with Gasteiger partial charge in [-0.15, -0.1) is 11.3 Å². The number of benzene rings is 1. The molecule has 0 aliphatic rings. The van der Waals surface area contributed by atoms with Crippen LogP contribution < -0.4 is 10.9 Å². The highest BCUT2D eigenvalue weighted by molar-refractivity contribution is 7.20. The number of aromatic nitrogens is 2. The maximum Gasteiger partial charge on any atom is 0.348 e. The first-order valence-electron chi connectivity index (χ1n) is 8.67. The fraction of sp³-hybridized carbons (Fsp3) is 0.263. The van der Waals surface area contributed by atoms with Gasteiger partial charge in [0, 0.05) is 15.7 Å². The number of nitrogens with one attached hydrogen (secondary N) is 1. The summed E-state index contributed by atoms with van der Waals surface area (Å²) in [6.07, 6.45) is 1.30. The van der Waals surface area contributed by atoms with Crippen LogP contribution >= 0.6 is 34.5 Å². The average molecular weight is 454 g/mol. The number of thiophene rings is 1. The van der Waals surface area contributed by atoms with E-state index >= 15 is 0 Å². The molecule has 1 aromatic carbocycles. The number of hydrogen-bond donors (Lipinski definition) is 1. The van der Waals surface area contributed by atoms with E-state index in [0.29, 0.717) is 36.4 Å². The minimum Gasteiger partial charge on any atom is -0.462 e. The molecule has 0 aliphatic heterocycles.